The van der Waals surface area contributed by atoms with Crippen molar-refractivity contribution in [3.63, 3.8) is 0 Å². The molecule has 0 aliphatic rings. The molecule has 0 unspecified atom stereocenters. The molecule has 0 saturated heterocycles. The van der Waals surface area contributed by atoms with E-state index in [0.717, 1.165) is 6.42 Å². The summed E-state index contributed by atoms with van der Waals surface area (Å²) in [6.45, 7) is 4.68. The number of nitrogens with zero attached hydrogens (tertiary/aromatic N) is 3. The summed E-state index contributed by atoms with van der Waals surface area (Å²) < 4.78 is 14.5. The van der Waals surface area contributed by atoms with Crippen LogP contribution in [-0.4, -0.2) is 22.2 Å². The lowest BCUT2D eigenvalue weighted by Crippen LogP contribution is -2.24. The zero-order chi connectivity index (χ0) is 19.1. The second kappa shape index (κ2) is 8.99. The minimum absolute atomic E-state index is 0.0376. The number of amides is 1. The highest BCUT2D eigenvalue weighted by molar-refractivity contribution is 5.75. The lowest BCUT2D eigenvalue weighted by Gasteiger charge is -2.06. The van der Waals surface area contributed by atoms with E-state index in [-0.39, 0.29) is 17.5 Å². The second-order valence-electron chi connectivity index (χ2n) is 6.59. The summed E-state index contributed by atoms with van der Waals surface area (Å²) in [7, 11) is 0. The Morgan fingerprint density at radius 3 is 2.69 bits per heavy atom. The van der Waals surface area contributed by atoms with E-state index < -0.39 is 0 Å². The summed E-state index contributed by atoms with van der Waals surface area (Å²) in [5.41, 5.74) is 7.51. The largest absolute Gasteiger partial charge is 0.382 e. The maximum absolute atomic E-state index is 13.1. The number of halogens is 1. The molecule has 26 heavy (non-hydrogen) atoms. The van der Waals surface area contributed by atoms with Gasteiger partial charge in [-0.15, -0.1) is 0 Å². The first-order chi connectivity index (χ1) is 12.4. The Balaban J connectivity index is 1.97. The molecule has 0 atom stereocenters. The Morgan fingerprint density at radius 2 is 2.08 bits per heavy atom. The fourth-order valence-electron chi connectivity index (χ4n) is 2.55. The van der Waals surface area contributed by atoms with Crippen LogP contribution in [0.2, 0.25) is 0 Å². The number of carbonyl (C=O) groups excluding carboxylic acids is 1. The molecule has 0 aliphatic carbocycles. The highest BCUT2D eigenvalue weighted by Crippen LogP contribution is 2.21. The van der Waals surface area contributed by atoms with Crippen molar-refractivity contribution >= 4 is 11.7 Å². The van der Waals surface area contributed by atoms with Crippen LogP contribution in [-0.2, 0) is 11.2 Å². The number of nitriles is 1. The molecule has 138 valence electrons. The quantitative estimate of drug-likeness (QED) is 0.710. The Bertz CT molecular complexity index is 789. The zero-order valence-electron chi connectivity index (χ0n) is 15.1. The van der Waals surface area contributed by atoms with Crippen molar-refractivity contribution in [1.29, 1.82) is 5.26 Å². The zero-order valence-corrected chi connectivity index (χ0v) is 15.1. The van der Waals surface area contributed by atoms with Crippen LogP contribution in [0.3, 0.4) is 0 Å². The number of aromatic nitrogens is 2. The van der Waals surface area contributed by atoms with Gasteiger partial charge in [-0.25, -0.2) is 9.07 Å². The predicted octanol–water partition coefficient (Wildman–Crippen LogP) is 2.95. The smallest absolute Gasteiger partial charge is 0.220 e. The molecular weight excluding hydrogens is 333 g/mol. The van der Waals surface area contributed by atoms with E-state index in [1.54, 1.807) is 12.1 Å². The molecule has 0 aliphatic heterocycles. The third-order valence-electron chi connectivity index (χ3n) is 4.04. The third-order valence-corrected chi connectivity index (χ3v) is 4.04. The van der Waals surface area contributed by atoms with Crippen LogP contribution in [0, 0.1) is 23.1 Å². The van der Waals surface area contributed by atoms with Crippen LogP contribution in [0.15, 0.2) is 24.3 Å². The van der Waals surface area contributed by atoms with Gasteiger partial charge in [-0.1, -0.05) is 13.8 Å². The van der Waals surface area contributed by atoms with Gasteiger partial charge >= 0.3 is 0 Å². The monoisotopic (exact) mass is 357 g/mol. The lowest BCUT2D eigenvalue weighted by atomic mass is 10.1. The van der Waals surface area contributed by atoms with Gasteiger partial charge < -0.3 is 11.1 Å². The number of nitrogen functional groups attached to an aromatic ring is 1. The van der Waals surface area contributed by atoms with Gasteiger partial charge in [-0.2, -0.15) is 10.4 Å². The van der Waals surface area contributed by atoms with Crippen LogP contribution in [0.5, 0.6) is 0 Å². The number of hydrogen-bond acceptors (Lipinski definition) is 4. The topological polar surface area (TPSA) is 96.7 Å². The molecule has 0 spiro atoms. The van der Waals surface area contributed by atoms with Gasteiger partial charge in [0, 0.05) is 13.0 Å². The van der Waals surface area contributed by atoms with E-state index in [9.17, 15) is 14.4 Å². The first-order valence-electron chi connectivity index (χ1n) is 8.72. The van der Waals surface area contributed by atoms with Crippen molar-refractivity contribution in [3.05, 3.63) is 41.3 Å². The lowest BCUT2D eigenvalue weighted by molar-refractivity contribution is -0.121. The van der Waals surface area contributed by atoms with Crippen molar-refractivity contribution in [1.82, 2.24) is 15.1 Å². The molecule has 0 radical (unpaired) electrons. The molecule has 1 aromatic carbocycles. The van der Waals surface area contributed by atoms with Crippen LogP contribution < -0.4 is 11.1 Å². The van der Waals surface area contributed by atoms with Crippen LogP contribution in [0.4, 0.5) is 10.2 Å². The average molecular weight is 357 g/mol. The Kier molecular flexibility index (Phi) is 6.73. The van der Waals surface area contributed by atoms with Crippen molar-refractivity contribution in [2.45, 2.75) is 39.5 Å². The molecule has 0 bridgehead atoms. The fraction of sp³-hybridized carbons (Fsp3) is 0.421. The van der Waals surface area contributed by atoms with E-state index in [0.29, 0.717) is 48.7 Å². The van der Waals surface area contributed by atoms with E-state index >= 15 is 0 Å². The van der Waals surface area contributed by atoms with Gasteiger partial charge in [0.05, 0.1) is 11.4 Å². The maximum atomic E-state index is 13.1. The van der Waals surface area contributed by atoms with Gasteiger partial charge in [-0.05, 0) is 49.4 Å². The van der Waals surface area contributed by atoms with Gasteiger partial charge in [-0.3, -0.25) is 4.79 Å². The van der Waals surface area contributed by atoms with E-state index in [1.165, 1.54) is 16.8 Å². The fourth-order valence-corrected chi connectivity index (χ4v) is 2.55. The number of anilines is 1. The van der Waals surface area contributed by atoms with Crippen LogP contribution in [0.1, 0.15) is 44.4 Å². The minimum atomic E-state index is -0.353. The molecule has 6 nitrogen and oxygen atoms in total. The number of carbonyl (C=O) groups is 1. The number of rotatable bonds is 8. The molecule has 1 aromatic heterocycles. The molecule has 1 heterocycles. The van der Waals surface area contributed by atoms with Crippen LogP contribution in [0.25, 0.3) is 5.69 Å². The normalized spacial score (nSPS) is 10.7. The Morgan fingerprint density at radius 1 is 1.38 bits per heavy atom. The minimum Gasteiger partial charge on any atom is -0.382 e. The highest BCUT2D eigenvalue weighted by atomic mass is 19.1. The molecule has 1 amide bonds. The highest BCUT2D eigenvalue weighted by Gasteiger charge is 2.16. The molecule has 0 fully saturated rings. The molecule has 7 heteroatoms. The third kappa shape index (κ3) is 5.06. The van der Waals surface area contributed by atoms with Crippen LogP contribution >= 0.6 is 0 Å². The predicted molar refractivity (Wildman–Crippen MR) is 98.1 cm³/mol. The molecular formula is C19H24FN5O. The Labute approximate surface area is 152 Å². The van der Waals surface area contributed by atoms with Crippen molar-refractivity contribution in [2.24, 2.45) is 5.92 Å². The summed E-state index contributed by atoms with van der Waals surface area (Å²) >= 11 is 0. The Hall–Kier alpha value is -2.88. The average Bonchev–Trinajstić information content (AvgIpc) is 2.93. The molecule has 2 rings (SSSR count). The molecule has 2 aromatic rings. The van der Waals surface area contributed by atoms with E-state index in [2.05, 4.69) is 30.3 Å². The summed E-state index contributed by atoms with van der Waals surface area (Å²) in [5.74, 6) is 0.413. The molecule has 3 N–H and O–H groups in total. The number of aryl methyl sites for hydroxylation is 1. The van der Waals surface area contributed by atoms with Crippen molar-refractivity contribution < 1.29 is 9.18 Å². The number of hydrogen-bond donors (Lipinski definition) is 2. The van der Waals surface area contributed by atoms with Gasteiger partial charge in [0.25, 0.3) is 0 Å². The number of benzene rings is 1. The number of nitrogens with one attached hydrogen (secondary N) is 1. The second-order valence-corrected chi connectivity index (χ2v) is 6.59. The summed E-state index contributed by atoms with van der Waals surface area (Å²) in [6.07, 6.45) is 2.56. The SMILES string of the molecule is CC(C)CCC(=O)NCCCc1nn(-c2ccc(F)cc2)c(N)c1C#N. The van der Waals surface area contributed by atoms with Gasteiger partial charge in [0.15, 0.2) is 0 Å². The summed E-state index contributed by atoms with van der Waals surface area (Å²) in [6, 6.07) is 7.82. The van der Waals surface area contributed by atoms with Gasteiger partial charge in [0.2, 0.25) is 5.91 Å². The van der Waals surface area contributed by atoms with E-state index in [4.69, 9.17) is 5.73 Å². The summed E-state index contributed by atoms with van der Waals surface area (Å²) in [4.78, 5) is 11.7. The summed E-state index contributed by atoms with van der Waals surface area (Å²) in [5, 5.41) is 16.6. The van der Waals surface area contributed by atoms with Crippen molar-refractivity contribution in [3.8, 4) is 11.8 Å². The first-order valence-corrected chi connectivity index (χ1v) is 8.72. The number of nitrogens with two attached hydrogens (primary N) is 1. The molecule has 0 saturated carbocycles. The van der Waals surface area contributed by atoms with Crippen molar-refractivity contribution in [2.75, 3.05) is 12.3 Å². The van der Waals surface area contributed by atoms with Gasteiger partial charge in [0.1, 0.15) is 23.3 Å². The maximum Gasteiger partial charge on any atom is 0.220 e. The standard InChI is InChI=1S/C19H24FN5O/c1-13(2)5-10-18(26)23-11-3-4-17-16(12-21)19(22)25(24-17)15-8-6-14(20)7-9-15/h6-9,13H,3-5,10-11,22H2,1-2H3,(H,23,26). The first kappa shape index (κ1) is 19.4. The van der Waals surface area contributed by atoms with E-state index in [1.807, 2.05) is 0 Å².